The number of nitrogens with zero attached hydrogens (tertiary/aromatic N) is 4. The van der Waals surface area contributed by atoms with Gasteiger partial charge in [0.15, 0.2) is 0 Å². The first-order valence-electron chi connectivity index (χ1n) is 11.4. The van der Waals surface area contributed by atoms with E-state index in [1.54, 1.807) is 35.8 Å². The molecule has 2 heterocycles. The number of anilines is 2. The summed E-state index contributed by atoms with van der Waals surface area (Å²) in [5.41, 5.74) is 2.95. The standard InChI is InChI=1S/C27H25N5OS/c28-19-21-4-3-5-22(18-21)27(33)29-23-10-8-20(9-11-23)12-13-31-14-16-32(17-15-31)26-24-6-1-2-7-25(24)34-30-26/h1-11,18H,12-17H2,(H,29,33). The van der Waals surface area contributed by atoms with Crippen LogP contribution in [-0.4, -0.2) is 47.9 Å². The highest BCUT2D eigenvalue weighted by molar-refractivity contribution is 7.13. The van der Waals surface area contributed by atoms with E-state index in [1.807, 2.05) is 12.1 Å². The Hall–Kier alpha value is -3.73. The van der Waals surface area contributed by atoms with Crippen LogP contribution < -0.4 is 10.2 Å². The first-order chi connectivity index (χ1) is 16.7. The molecule has 34 heavy (non-hydrogen) atoms. The molecule has 1 fully saturated rings. The van der Waals surface area contributed by atoms with Gasteiger partial charge in [-0.05, 0) is 66.0 Å². The van der Waals surface area contributed by atoms with E-state index in [-0.39, 0.29) is 5.91 Å². The Labute approximate surface area is 203 Å². The molecule has 1 amide bonds. The highest BCUT2D eigenvalue weighted by Crippen LogP contribution is 2.29. The van der Waals surface area contributed by atoms with Crippen LogP contribution in [-0.2, 0) is 6.42 Å². The van der Waals surface area contributed by atoms with Gasteiger partial charge < -0.3 is 10.2 Å². The van der Waals surface area contributed by atoms with Crippen molar-refractivity contribution >= 4 is 39.0 Å². The number of benzene rings is 3. The Balaban J connectivity index is 1.11. The highest BCUT2D eigenvalue weighted by Gasteiger charge is 2.20. The fraction of sp³-hybridized carbons (Fsp3) is 0.222. The summed E-state index contributed by atoms with van der Waals surface area (Å²) in [7, 11) is 0. The van der Waals surface area contributed by atoms with Crippen LogP contribution in [0.3, 0.4) is 0 Å². The molecule has 5 rings (SSSR count). The van der Waals surface area contributed by atoms with Crippen LogP contribution in [0.2, 0.25) is 0 Å². The summed E-state index contributed by atoms with van der Waals surface area (Å²) in [5, 5.41) is 13.2. The van der Waals surface area contributed by atoms with E-state index >= 15 is 0 Å². The Morgan fingerprint density at radius 1 is 1.00 bits per heavy atom. The van der Waals surface area contributed by atoms with Crippen LogP contribution in [0.25, 0.3) is 10.1 Å². The molecule has 1 saturated heterocycles. The van der Waals surface area contributed by atoms with E-state index in [9.17, 15) is 4.79 Å². The molecule has 1 aliphatic rings. The number of hydrogen-bond donors (Lipinski definition) is 1. The molecule has 0 radical (unpaired) electrons. The average Bonchev–Trinajstić information content (AvgIpc) is 3.33. The fourth-order valence-electron chi connectivity index (χ4n) is 4.26. The number of piperazine rings is 1. The van der Waals surface area contributed by atoms with Crippen LogP contribution in [0.5, 0.6) is 0 Å². The summed E-state index contributed by atoms with van der Waals surface area (Å²) in [5.74, 6) is 0.910. The third-order valence-corrected chi connectivity index (χ3v) is 7.03. The van der Waals surface area contributed by atoms with Gasteiger partial charge in [-0.15, -0.1) is 0 Å². The lowest BCUT2D eigenvalue weighted by molar-refractivity contribution is 0.102. The van der Waals surface area contributed by atoms with E-state index in [1.165, 1.54) is 15.6 Å². The quantitative estimate of drug-likeness (QED) is 0.442. The van der Waals surface area contributed by atoms with E-state index in [0.29, 0.717) is 11.1 Å². The van der Waals surface area contributed by atoms with Crippen molar-refractivity contribution in [1.82, 2.24) is 9.27 Å². The molecule has 1 N–H and O–H groups in total. The molecular weight excluding hydrogens is 442 g/mol. The zero-order valence-corrected chi connectivity index (χ0v) is 19.6. The number of fused-ring (bicyclic) bond motifs is 1. The summed E-state index contributed by atoms with van der Waals surface area (Å²) in [6.45, 7) is 5.05. The molecule has 1 aromatic heterocycles. The summed E-state index contributed by atoms with van der Waals surface area (Å²) in [6.07, 6.45) is 0.970. The first kappa shape index (κ1) is 22.1. The fourth-order valence-corrected chi connectivity index (χ4v) is 5.05. The van der Waals surface area contributed by atoms with Crippen molar-refractivity contribution in [3.8, 4) is 6.07 Å². The third-order valence-electron chi connectivity index (χ3n) is 6.21. The van der Waals surface area contributed by atoms with Gasteiger partial charge in [-0.25, -0.2) is 0 Å². The number of carbonyl (C=O) groups is 1. The Kier molecular flexibility index (Phi) is 6.52. The lowest BCUT2D eigenvalue weighted by atomic mass is 10.1. The lowest BCUT2D eigenvalue weighted by Gasteiger charge is -2.35. The van der Waals surface area contributed by atoms with Crippen LogP contribution in [0.4, 0.5) is 11.5 Å². The molecule has 0 unspecified atom stereocenters. The molecule has 4 aromatic rings. The van der Waals surface area contributed by atoms with Crippen molar-refractivity contribution in [2.75, 3.05) is 42.9 Å². The zero-order chi connectivity index (χ0) is 23.3. The molecule has 1 aliphatic heterocycles. The molecule has 0 aliphatic carbocycles. The van der Waals surface area contributed by atoms with Crippen molar-refractivity contribution in [2.45, 2.75) is 6.42 Å². The SMILES string of the molecule is N#Cc1cccc(C(=O)Nc2ccc(CCN3CCN(c4nsc5ccccc45)CC3)cc2)c1. The second kappa shape index (κ2) is 10.0. The van der Waals surface area contributed by atoms with Crippen molar-refractivity contribution in [3.05, 3.63) is 89.5 Å². The lowest BCUT2D eigenvalue weighted by Crippen LogP contribution is -2.47. The predicted octanol–water partition coefficient (Wildman–Crippen LogP) is 4.78. The van der Waals surface area contributed by atoms with Crippen LogP contribution in [0.15, 0.2) is 72.8 Å². The molecular formula is C27H25N5OS. The minimum absolute atomic E-state index is 0.212. The van der Waals surface area contributed by atoms with Gasteiger partial charge in [-0.2, -0.15) is 9.64 Å². The van der Waals surface area contributed by atoms with Crippen LogP contribution >= 0.6 is 11.5 Å². The minimum Gasteiger partial charge on any atom is -0.353 e. The van der Waals surface area contributed by atoms with Crippen molar-refractivity contribution in [3.63, 3.8) is 0 Å². The van der Waals surface area contributed by atoms with Crippen molar-refractivity contribution in [1.29, 1.82) is 5.26 Å². The minimum atomic E-state index is -0.212. The average molecular weight is 468 g/mol. The van der Waals surface area contributed by atoms with E-state index in [4.69, 9.17) is 9.64 Å². The number of hydrogen-bond acceptors (Lipinski definition) is 6. The maximum Gasteiger partial charge on any atom is 0.255 e. The Bertz CT molecular complexity index is 1330. The molecule has 7 heteroatoms. The number of amides is 1. The van der Waals surface area contributed by atoms with Gasteiger partial charge in [-0.1, -0.05) is 30.3 Å². The second-order valence-electron chi connectivity index (χ2n) is 8.42. The highest BCUT2D eigenvalue weighted by atomic mass is 32.1. The summed E-state index contributed by atoms with van der Waals surface area (Å²) >= 11 is 1.58. The predicted molar refractivity (Wildman–Crippen MR) is 138 cm³/mol. The van der Waals surface area contributed by atoms with Gasteiger partial charge in [0.2, 0.25) is 0 Å². The van der Waals surface area contributed by atoms with Crippen LogP contribution in [0, 0.1) is 11.3 Å². The van der Waals surface area contributed by atoms with Crippen molar-refractivity contribution in [2.24, 2.45) is 0 Å². The summed E-state index contributed by atoms with van der Waals surface area (Å²) in [6, 6.07) is 25.2. The van der Waals surface area contributed by atoms with Crippen molar-refractivity contribution < 1.29 is 4.79 Å². The Morgan fingerprint density at radius 3 is 2.59 bits per heavy atom. The molecule has 0 atom stereocenters. The van der Waals surface area contributed by atoms with Crippen LogP contribution in [0.1, 0.15) is 21.5 Å². The maximum atomic E-state index is 12.4. The molecule has 170 valence electrons. The number of nitrogens with one attached hydrogen (secondary N) is 1. The van der Waals surface area contributed by atoms with Gasteiger partial charge >= 0.3 is 0 Å². The maximum absolute atomic E-state index is 12.4. The van der Waals surface area contributed by atoms with E-state index in [2.05, 4.69) is 57.6 Å². The topological polar surface area (TPSA) is 72.3 Å². The molecule has 6 nitrogen and oxygen atoms in total. The molecule has 0 saturated carbocycles. The monoisotopic (exact) mass is 467 g/mol. The van der Waals surface area contributed by atoms with E-state index < -0.39 is 0 Å². The van der Waals surface area contributed by atoms with Gasteiger partial charge in [0.1, 0.15) is 5.82 Å². The summed E-state index contributed by atoms with van der Waals surface area (Å²) < 4.78 is 5.94. The number of carbonyl (C=O) groups excluding carboxylic acids is 1. The molecule has 3 aromatic carbocycles. The first-order valence-corrected chi connectivity index (χ1v) is 12.2. The number of aromatic nitrogens is 1. The van der Waals surface area contributed by atoms with Gasteiger partial charge in [0.05, 0.1) is 16.3 Å². The number of nitriles is 1. The molecule has 0 spiro atoms. The van der Waals surface area contributed by atoms with Gasteiger partial charge in [0.25, 0.3) is 5.91 Å². The van der Waals surface area contributed by atoms with E-state index in [0.717, 1.165) is 50.6 Å². The second-order valence-corrected chi connectivity index (χ2v) is 9.23. The number of rotatable bonds is 6. The van der Waals surface area contributed by atoms with Gasteiger partial charge in [0, 0.05) is 49.4 Å². The normalized spacial score (nSPS) is 14.1. The largest absolute Gasteiger partial charge is 0.353 e. The third kappa shape index (κ3) is 4.93. The smallest absolute Gasteiger partial charge is 0.255 e. The Morgan fingerprint density at radius 2 is 1.79 bits per heavy atom. The summed E-state index contributed by atoms with van der Waals surface area (Å²) in [4.78, 5) is 17.4. The van der Waals surface area contributed by atoms with Gasteiger partial charge in [-0.3, -0.25) is 9.69 Å². The zero-order valence-electron chi connectivity index (χ0n) is 18.8. The molecule has 0 bridgehead atoms.